The molecule has 4 heteroatoms. The molecule has 0 atom stereocenters. The average molecular weight is 230 g/mol. The highest BCUT2D eigenvalue weighted by atomic mass is 35.5. The number of fused-ring (bicyclic) bond motifs is 1. The van der Waals surface area contributed by atoms with Crippen LogP contribution in [0.2, 0.25) is 5.15 Å². The van der Waals surface area contributed by atoms with E-state index in [4.69, 9.17) is 11.6 Å². The molecule has 0 N–H and O–H groups in total. The summed E-state index contributed by atoms with van der Waals surface area (Å²) in [4.78, 5) is 4.13. The van der Waals surface area contributed by atoms with Gasteiger partial charge in [0.1, 0.15) is 11.5 Å². The Morgan fingerprint density at radius 3 is 2.62 bits per heavy atom. The van der Waals surface area contributed by atoms with Crippen LogP contribution in [-0.4, -0.2) is 14.6 Å². The molecule has 0 aliphatic carbocycles. The normalized spacial score (nSPS) is 10.8. The van der Waals surface area contributed by atoms with Crippen molar-refractivity contribution in [3.05, 3.63) is 53.9 Å². The molecule has 0 aliphatic heterocycles. The maximum Gasteiger partial charge on any atom is 0.157 e. The van der Waals surface area contributed by atoms with Gasteiger partial charge in [0.2, 0.25) is 0 Å². The highest BCUT2D eigenvalue weighted by Crippen LogP contribution is 2.23. The summed E-state index contributed by atoms with van der Waals surface area (Å²) >= 11 is 6.11. The molecular weight excluding hydrogens is 222 g/mol. The van der Waals surface area contributed by atoms with E-state index in [9.17, 15) is 0 Å². The van der Waals surface area contributed by atoms with Gasteiger partial charge in [-0.05, 0) is 23.3 Å². The smallest absolute Gasteiger partial charge is 0.157 e. The van der Waals surface area contributed by atoms with E-state index in [0.717, 1.165) is 16.8 Å². The van der Waals surface area contributed by atoms with Gasteiger partial charge in [0.25, 0.3) is 0 Å². The van der Waals surface area contributed by atoms with Gasteiger partial charge >= 0.3 is 0 Å². The zero-order valence-corrected chi connectivity index (χ0v) is 9.09. The molecule has 3 nitrogen and oxygen atoms in total. The second kappa shape index (κ2) is 3.61. The van der Waals surface area contributed by atoms with Gasteiger partial charge in [-0.15, -0.1) is 0 Å². The Kier molecular flexibility index (Phi) is 2.11. The first kappa shape index (κ1) is 9.36. The van der Waals surface area contributed by atoms with Crippen molar-refractivity contribution in [2.24, 2.45) is 0 Å². The van der Waals surface area contributed by atoms with Gasteiger partial charge in [0.15, 0.2) is 5.65 Å². The summed E-state index contributed by atoms with van der Waals surface area (Å²) in [5, 5.41) is 4.59. The van der Waals surface area contributed by atoms with Gasteiger partial charge in [0.05, 0.1) is 0 Å². The van der Waals surface area contributed by atoms with Gasteiger partial charge in [0, 0.05) is 0 Å². The van der Waals surface area contributed by atoms with E-state index in [1.807, 2.05) is 42.5 Å². The van der Waals surface area contributed by atoms with Crippen molar-refractivity contribution in [3.63, 3.8) is 0 Å². The van der Waals surface area contributed by atoms with Crippen molar-refractivity contribution in [1.29, 1.82) is 0 Å². The Bertz CT molecular complexity index is 631. The number of aromatic nitrogens is 3. The zero-order valence-electron chi connectivity index (χ0n) is 8.34. The molecule has 0 amide bonds. The lowest BCUT2D eigenvalue weighted by atomic mass is 10.1. The van der Waals surface area contributed by atoms with Crippen molar-refractivity contribution < 1.29 is 0 Å². The Morgan fingerprint density at radius 1 is 1.00 bits per heavy atom. The summed E-state index contributed by atoms with van der Waals surface area (Å²) in [5.74, 6) is 0. The molecule has 0 spiro atoms. The number of rotatable bonds is 1. The molecule has 16 heavy (non-hydrogen) atoms. The van der Waals surface area contributed by atoms with Gasteiger partial charge < -0.3 is 0 Å². The topological polar surface area (TPSA) is 30.2 Å². The Labute approximate surface area is 97.3 Å². The minimum atomic E-state index is 0.564. The first-order valence-electron chi connectivity index (χ1n) is 4.89. The van der Waals surface area contributed by atoms with Crippen LogP contribution in [0, 0.1) is 0 Å². The third-order valence-electron chi connectivity index (χ3n) is 2.44. The summed E-state index contributed by atoms with van der Waals surface area (Å²) in [6.45, 7) is 0. The predicted molar refractivity (Wildman–Crippen MR) is 63.4 cm³/mol. The van der Waals surface area contributed by atoms with Crippen molar-refractivity contribution in [2.45, 2.75) is 0 Å². The molecule has 3 rings (SSSR count). The minimum absolute atomic E-state index is 0.564. The van der Waals surface area contributed by atoms with Gasteiger partial charge in [-0.1, -0.05) is 41.9 Å². The first-order chi connectivity index (χ1) is 7.84. The van der Waals surface area contributed by atoms with Crippen molar-refractivity contribution in [1.82, 2.24) is 14.6 Å². The molecule has 0 fully saturated rings. The fraction of sp³-hybridized carbons (Fsp3) is 0. The van der Waals surface area contributed by atoms with E-state index in [2.05, 4.69) is 10.1 Å². The van der Waals surface area contributed by atoms with Gasteiger partial charge in [-0.3, -0.25) is 0 Å². The molecule has 0 bridgehead atoms. The van der Waals surface area contributed by atoms with Gasteiger partial charge in [-0.25, -0.2) is 9.50 Å². The standard InChI is InChI=1S/C12H8ClN3/c13-11-6-10(9-4-2-1-3-5-9)7-12-14-8-15-16(11)12/h1-8H. The molecule has 0 saturated carbocycles. The summed E-state index contributed by atoms with van der Waals surface area (Å²) < 4.78 is 1.61. The summed E-state index contributed by atoms with van der Waals surface area (Å²) in [5.41, 5.74) is 2.92. The highest BCUT2D eigenvalue weighted by Gasteiger charge is 2.04. The largest absolute Gasteiger partial charge is 0.215 e. The van der Waals surface area contributed by atoms with Gasteiger partial charge in [-0.2, -0.15) is 5.10 Å². The summed E-state index contributed by atoms with van der Waals surface area (Å²) in [7, 11) is 0. The van der Waals surface area contributed by atoms with Crippen molar-refractivity contribution in [3.8, 4) is 11.1 Å². The monoisotopic (exact) mass is 229 g/mol. The quantitative estimate of drug-likeness (QED) is 0.601. The third kappa shape index (κ3) is 1.46. The number of pyridine rings is 1. The lowest BCUT2D eigenvalue weighted by molar-refractivity contribution is 0.962. The first-order valence-corrected chi connectivity index (χ1v) is 5.27. The number of benzene rings is 1. The number of hydrogen-bond acceptors (Lipinski definition) is 2. The summed E-state index contributed by atoms with van der Waals surface area (Å²) in [6, 6.07) is 13.9. The van der Waals surface area contributed by atoms with Crippen molar-refractivity contribution >= 4 is 17.2 Å². The zero-order chi connectivity index (χ0) is 11.0. The van der Waals surface area contributed by atoms with E-state index >= 15 is 0 Å². The van der Waals surface area contributed by atoms with E-state index < -0.39 is 0 Å². The van der Waals surface area contributed by atoms with E-state index in [1.54, 1.807) is 4.52 Å². The van der Waals surface area contributed by atoms with Crippen LogP contribution in [0.25, 0.3) is 16.8 Å². The maximum absolute atomic E-state index is 6.11. The van der Waals surface area contributed by atoms with E-state index in [0.29, 0.717) is 5.15 Å². The molecule has 78 valence electrons. The second-order valence-electron chi connectivity index (χ2n) is 3.46. The van der Waals surface area contributed by atoms with Crippen LogP contribution in [0.1, 0.15) is 0 Å². The summed E-state index contributed by atoms with van der Waals surface area (Å²) in [6.07, 6.45) is 1.50. The molecule has 3 aromatic rings. The predicted octanol–water partition coefficient (Wildman–Crippen LogP) is 3.05. The number of halogens is 1. The van der Waals surface area contributed by atoms with Crippen LogP contribution in [0.5, 0.6) is 0 Å². The van der Waals surface area contributed by atoms with Crippen LogP contribution in [0.3, 0.4) is 0 Å². The minimum Gasteiger partial charge on any atom is -0.215 e. The molecular formula is C12H8ClN3. The fourth-order valence-electron chi connectivity index (χ4n) is 1.68. The Balaban J connectivity index is 2.25. The van der Waals surface area contributed by atoms with Crippen LogP contribution >= 0.6 is 11.6 Å². The number of hydrogen-bond donors (Lipinski definition) is 0. The van der Waals surface area contributed by atoms with E-state index in [-0.39, 0.29) is 0 Å². The molecule has 0 radical (unpaired) electrons. The molecule has 2 heterocycles. The molecule has 0 saturated heterocycles. The van der Waals surface area contributed by atoms with Crippen molar-refractivity contribution in [2.75, 3.05) is 0 Å². The lowest BCUT2D eigenvalue weighted by Crippen LogP contribution is -1.90. The third-order valence-corrected chi connectivity index (χ3v) is 2.71. The van der Waals surface area contributed by atoms with Crippen LogP contribution in [0.15, 0.2) is 48.8 Å². The highest BCUT2D eigenvalue weighted by molar-refractivity contribution is 6.30. The molecule has 0 unspecified atom stereocenters. The van der Waals surface area contributed by atoms with Crippen LogP contribution < -0.4 is 0 Å². The van der Waals surface area contributed by atoms with E-state index in [1.165, 1.54) is 6.33 Å². The molecule has 1 aromatic carbocycles. The van der Waals surface area contributed by atoms with Crippen LogP contribution in [0.4, 0.5) is 0 Å². The maximum atomic E-state index is 6.11. The Morgan fingerprint density at radius 2 is 1.81 bits per heavy atom. The Hall–Kier alpha value is -1.87. The number of nitrogens with zero attached hydrogens (tertiary/aromatic N) is 3. The molecule has 2 aromatic heterocycles. The van der Waals surface area contributed by atoms with Crippen LogP contribution in [-0.2, 0) is 0 Å². The lowest BCUT2D eigenvalue weighted by Gasteiger charge is -2.03. The average Bonchev–Trinajstić information content (AvgIpc) is 2.79. The molecule has 0 aliphatic rings. The fourth-order valence-corrected chi connectivity index (χ4v) is 1.93. The second-order valence-corrected chi connectivity index (χ2v) is 3.85. The SMILES string of the molecule is Clc1cc(-c2ccccc2)cc2ncnn12.